The zero-order valence-corrected chi connectivity index (χ0v) is 10.9. The minimum Gasteiger partial charge on any atom is -0.324 e. The van der Waals surface area contributed by atoms with Crippen molar-refractivity contribution in [1.29, 1.82) is 0 Å². The largest absolute Gasteiger partial charge is 0.324 e. The van der Waals surface area contributed by atoms with Gasteiger partial charge in [-0.05, 0) is 39.6 Å². The van der Waals surface area contributed by atoms with Crippen LogP contribution in [0, 0.1) is 0 Å². The van der Waals surface area contributed by atoms with Crippen LogP contribution in [0.1, 0.15) is 12.8 Å². The molecule has 0 bridgehead atoms. The van der Waals surface area contributed by atoms with Gasteiger partial charge in [0, 0.05) is 31.5 Å². The van der Waals surface area contributed by atoms with E-state index in [0.717, 1.165) is 31.5 Å². The highest BCUT2D eigenvalue weighted by Crippen LogP contribution is 2.43. The van der Waals surface area contributed by atoms with Gasteiger partial charge in [0.15, 0.2) is 0 Å². The molecule has 3 nitrogen and oxygen atoms in total. The summed E-state index contributed by atoms with van der Waals surface area (Å²) in [7, 11) is 0.462. The summed E-state index contributed by atoms with van der Waals surface area (Å²) in [6, 6.07) is 0.765. The smallest absolute Gasteiger partial charge is 0.0873 e. The third-order valence-electron chi connectivity index (χ3n) is 3.92. The van der Waals surface area contributed by atoms with Crippen LogP contribution in [0.15, 0.2) is 0 Å². The molecule has 0 radical (unpaired) electrons. The molecule has 0 atom stereocenters. The van der Waals surface area contributed by atoms with Gasteiger partial charge in [-0.2, -0.15) is 0 Å². The molecule has 2 saturated heterocycles. The van der Waals surface area contributed by atoms with Crippen LogP contribution in [0.2, 0.25) is 0 Å². The summed E-state index contributed by atoms with van der Waals surface area (Å²) in [6.45, 7) is 6.57. The maximum absolute atomic E-state index is 11.9. The highest BCUT2D eigenvalue weighted by molar-refractivity contribution is 7.63. The van der Waals surface area contributed by atoms with Crippen molar-refractivity contribution < 1.29 is 4.57 Å². The molecular weight excluding hydrogens is 207 g/mol. The van der Waals surface area contributed by atoms with Gasteiger partial charge < -0.3 is 9.46 Å². The van der Waals surface area contributed by atoms with E-state index in [1.165, 1.54) is 25.9 Å². The molecule has 0 spiro atoms. The lowest BCUT2D eigenvalue weighted by Gasteiger charge is -2.40. The van der Waals surface area contributed by atoms with Gasteiger partial charge in [0.05, 0.1) is 7.14 Å². The minimum atomic E-state index is -1.74. The van der Waals surface area contributed by atoms with E-state index in [2.05, 4.69) is 16.8 Å². The summed E-state index contributed by atoms with van der Waals surface area (Å²) < 4.78 is 11.9. The fraction of sp³-hybridized carbons (Fsp3) is 1.00. The van der Waals surface area contributed by atoms with Gasteiger partial charge in [-0.25, -0.2) is 0 Å². The average Bonchev–Trinajstić information content (AvgIpc) is 2.20. The van der Waals surface area contributed by atoms with Crippen LogP contribution in [-0.2, 0) is 4.57 Å². The van der Waals surface area contributed by atoms with E-state index in [9.17, 15) is 4.57 Å². The Hall–Kier alpha value is 0.150. The first-order valence-electron chi connectivity index (χ1n) is 6.05. The van der Waals surface area contributed by atoms with Crippen molar-refractivity contribution in [3.63, 3.8) is 0 Å². The van der Waals surface area contributed by atoms with Crippen molar-refractivity contribution in [2.75, 3.05) is 52.2 Å². The fourth-order valence-corrected chi connectivity index (χ4v) is 4.21. The first-order chi connectivity index (χ1) is 7.07. The van der Waals surface area contributed by atoms with Crippen molar-refractivity contribution in [2.24, 2.45) is 0 Å². The molecule has 0 amide bonds. The van der Waals surface area contributed by atoms with Crippen molar-refractivity contribution >= 4 is 7.14 Å². The Morgan fingerprint density at radius 1 is 1.07 bits per heavy atom. The molecule has 0 aromatic carbocycles. The molecule has 4 heteroatoms. The van der Waals surface area contributed by atoms with Gasteiger partial charge in [-0.1, -0.05) is 0 Å². The lowest BCUT2D eigenvalue weighted by molar-refractivity contribution is 0.129. The number of likely N-dealkylation sites (tertiary alicyclic amines) is 1. The van der Waals surface area contributed by atoms with E-state index in [0.29, 0.717) is 0 Å². The Morgan fingerprint density at radius 3 is 2.13 bits per heavy atom. The van der Waals surface area contributed by atoms with Gasteiger partial charge in [0.2, 0.25) is 0 Å². The van der Waals surface area contributed by atoms with Crippen molar-refractivity contribution in [1.82, 2.24) is 9.80 Å². The zero-order chi connectivity index (χ0) is 10.9. The number of nitrogens with zero attached hydrogens (tertiary/aromatic N) is 2. The SMILES string of the molecule is CN1CCC(N2CCP(C)(=O)CC2)CC1. The van der Waals surface area contributed by atoms with Crippen LogP contribution in [-0.4, -0.2) is 68.1 Å². The number of piperidine rings is 1. The summed E-state index contributed by atoms with van der Waals surface area (Å²) in [4.78, 5) is 4.98. The summed E-state index contributed by atoms with van der Waals surface area (Å²) >= 11 is 0. The molecule has 0 aromatic rings. The second-order valence-corrected chi connectivity index (χ2v) is 8.80. The van der Waals surface area contributed by atoms with Crippen LogP contribution in [0.3, 0.4) is 0 Å². The molecule has 15 heavy (non-hydrogen) atoms. The molecule has 0 unspecified atom stereocenters. The van der Waals surface area contributed by atoms with Crippen LogP contribution >= 0.6 is 7.14 Å². The Labute approximate surface area is 93.2 Å². The van der Waals surface area contributed by atoms with Gasteiger partial charge >= 0.3 is 0 Å². The van der Waals surface area contributed by atoms with Gasteiger partial charge in [-0.3, -0.25) is 4.90 Å². The molecular formula is C11H23N2OP. The molecule has 2 fully saturated rings. The quantitative estimate of drug-likeness (QED) is 0.636. The van der Waals surface area contributed by atoms with E-state index < -0.39 is 7.14 Å². The normalized spacial score (nSPS) is 30.5. The Balaban J connectivity index is 1.83. The van der Waals surface area contributed by atoms with E-state index in [1.807, 2.05) is 6.66 Å². The van der Waals surface area contributed by atoms with Crippen molar-refractivity contribution in [3.05, 3.63) is 0 Å². The predicted octanol–water partition coefficient (Wildman–Crippen LogP) is 1.39. The van der Waals surface area contributed by atoms with Crippen LogP contribution < -0.4 is 0 Å². The molecule has 0 aromatic heterocycles. The van der Waals surface area contributed by atoms with Crippen molar-refractivity contribution in [3.8, 4) is 0 Å². The number of hydrogen-bond donors (Lipinski definition) is 0. The molecule has 0 saturated carbocycles. The van der Waals surface area contributed by atoms with E-state index >= 15 is 0 Å². The highest BCUT2D eigenvalue weighted by atomic mass is 31.2. The summed E-state index contributed by atoms with van der Waals surface area (Å²) in [6.07, 6.45) is 4.48. The molecule has 0 aliphatic carbocycles. The molecule has 0 N–H and O–H groups in total. The van der Waals surface area contributed by atoms with Crippen LogP contribution in [0.5, 0.6) is 0 Å². The third-order valence-corrected chi connectivity index (χ3v) is 6.22. The summed E-state index contributed by atoms with van der Waals surface area (Å²) in [5.41, 5.74) is 0. The first-order valence-corrected chi connectivity index (χ1v) is 8.57. The molecule has 88 valence electrons. The van der Waals surface area contributed by atoms with E-state index in [-0.39, 0.29) is 0 Å². The third kappa shape index (κ3) is 3.05. The number of hydrogen-bond acceptors (Lipinski definition) is 3. The zero-order valence-electron chi connectivity index (χ0n) is 9.98. The van der Waals surface area contributed by atoms with Crippen molar-refractivity contribution in [2.45, 2.75) is 18.9 Å². The van der Waals surface area contributed by atoms with E-state index in [1.54, 1.807) is 0 Å². The topological polar surface area (TPSA) is 23.6 Å². The lowest BCUT2D eigenvalue weighted by atomic mass is 10.0. The standard InChI is InChI=1S/C11H23N2OP/c1-12-5-3-11(4-6-12)13-7-9-15(2,14)10-8-13/h11H,3-10H2,1-2H3. The second kappa shape index (κ2) is 4.57. The average molecular weight is 230 g/mol. The minimum absolute atomic E-state index is 0.765. The lowest BCUT2D eigenvalue weighted by Crippen LogP contribution is -2.47. The summed E-state index contributed by atoms with van der Waals surface area (Å²) in [5, 5.41) is 0. The van der Waals surface area contributed by atoms with E-state index in [4.69, 9.17) is 0 Å². The summed E-state index contributed by atoms with van der Waals surface area (Å²) in [5.74, 6) is 0. The second-order valence-electron chi connectivity index (χ2n) is 5.31. The van der Waals surface area contributed by atoms with Gasteiger partial charge in [0.25, 0.3) is 0 Å². The molecule has 2 heterocycles. The Kier molecular flexibility index (Phi) is 3.54. The van der Waals surface area contributed by atoms with Crippen LogP contribution in [0.4, 0.5) is 0 Å². The Bertz CT molecular complexity index is 249. The maximum atomic E-state index is 11.9. The van der Waals surface area contributed by atoms with Gasteiger partial charge in [0.1, 0.15) is 0 Å². The van der Waals surface area contributed by atoms with Crippen LogP contribution in [0.25, 0.3) is 0 Å². The predicted molar refractivity (Wildman–Crippen MR) is 65.4 cm³/mol. The first kappa shape index (κ1) is 11.6. The molecule has 2 aliphatic heterocycles. The molecule has 2 rings (SSSR count). The Morgan fingerprint density at radius 2 is 1.60 bits per heavy atom. The maximum Gasteiger partial charge on any atom is 0.0873 e. The monoisotopic (exact) mass is 230 g/mol. The number of rotatable bonds is 1. The highest BCUT2D eigenvalue weighted by Gasteiger charge is 2.29. The fourth-order valence-electron chi connectivity index (χ4n) is 2.63. The van der Waals surface area contributed by atoms with Gasteiger partial charge in [-0.15, -0.1) is 0 Å². The molecule has 2 aliphatic rings.